The highest BCUT2D eigenvalue weighted by Gasteiger charge is 2.41. The first-order chi connectivity index (χ1) is 29.2. The molecule has 1 nitrogen and oxygen atoms in total. The molecule has 61 heavy (non-hydrogen) atoms. The summed E-state index contributed by atoms with van der Waals surface area (Å²) in [4.78, 5) is 2.44. The fourth-order valence-electron chi connectivity index (χ4n) is 9.55. The molecule has 1 heterocycles. The van der Waals surface area contributed by atoms with Crippen LogP contribution < -0.4 is 4.90 Å². The Bertz CT molecular complexity index is 3080. The zero-order valence-corrected chi connectivity index (χ0v) is 37.4. The summed E-state index contributed by atoms with van der Waals surface area (Å²) in [6, 6.07) is 65.6. The third kappa shape index (κ3) is 6.88. The largest absolute Gasteiger partial charge is 0.310 e. The normalized spacial score (nSPS) is 13.4. The number of benzene rings is 8. The standard InChI is InChI=1S/C59H53NS/c1-57(2,3)44-35-51-48-33-31-47(37-52(48)59(7,8)56(51)53(36-44)58(4,5)6)60(45-27-22-41(23-28-45)40-20-18-39(19-21-40)38-14-10-9-11-15-38)46-29-24-42(25-30-46)43-26-32-50-49-16-12-13-17-54(49)61-55(50)34-43/h9-37H,1-8H3. The van der Waals surface area contributed by atoms with Gasteiger partial charge in [-0.15, -0.1) is 11.3 Å². The lowest BCUT2D eigenvalue weighted by Gasteiger charge is -2.33. The highest BCUT2D eigenvalue weighted by atomic mass is 32.1. The van der Waals surface area contributed by atoms with Gasteiger partial charge in [0.2, 0.25) is 0 Å². The SMILES string of the molecule is CC(C)(C)c1cc2c(c(C(C)(C)C)c1)C(C)(C)c1cc(N(c3ccc(-c4ccc(-c5ccccc5)cc4)cc3)c3ccc(-c4ccc5c(c4)sc4ccccc45)cc3)ccc1-2. The fraction of sp³-hybridized carbons (Fsp3) is 0.186. The van der Waals surface area contributed by atoms with Crippen molar-refractivity contribution >= 4 is 48.6 Å². The first kappa shape index (κ1) is 38.9. The molecule has 0 saturated carbocycles. The monoisotopic (exact) mass is 807 g/mol. The van der Waals surface area contributed by atoms with Gasteiger partial charge in [-0.1, -0.05) is 183 Å². The quantitative estimate of drug-likeness (QED) is 0.162. The van der Waals surface area contributed by atoms with Crippen molar-refractivity contribution in [1.82, 2.24) is 0 Å². The molecule has 1 aromatic heterocycles. The van der Waals surface area contributed by atoms with Crippen LogP contribution in [0.15, 0.2) is 176 Å². The van der Waals surface area contributed by atoms with E-state index in [0.717, 1.165) is 17.1 Å². The van der Waals surface area contributed by atoms with Crippen molar-refractivity contribution in [2.75, 3.05) is 4.90 Å². The maximum atomic E-state index is 2.50. The summed E-state index contributed by atoms with van der Waals surface area (Å²) in [6.45, 7) is 19.0. The van der Waals surface area contributed by atoms with E-state index in [1.807, 2.05) is 11.3 Å². The summed E-state index contributed by atoms with van der Waals surface area (Å²) in [5, 5.41) is 2.66. The summed E-state index contributed by atoms with van der Waals surface area (Å²) in [5.74, 6) is 0. The molecule has 0 saturated heterocycles. The Kier molecular flexibility index (Phi) is 9.23. The van der Waals surface area contributed by atoms with Crippen LogP contribution in [0.1, 0.15) is 77.6 Å². The molecule has 0 radical (unpaired) electrons. The van der Waals surface area contributed by atoms with E-state index in [9.17, 15) is 0 Å². The maximum absolute atomic E-state index is 2.50. The van der Waals surface area contributed by atoms with Crippen LogP contribution in [0.2, 0.25) is 0 Å². The van der Waals surface area contributed by atoms with Crippen LogP contribution in [0.3, 0.4) is 0 Å². The van der Waals surface area contributed by atoms with Crippen molar-refractivity contribution in [3.63, 3.8) is 0 Å². The van der Waals surface area contributed by atoms with Crippen LogP contribution in [0, 0.1) is 0 Å². The minimum Gasteiger partial charge on any atom is -0.310 e. The highest BCUT2D eigenvalue weighted by Crippen LogP contribution is 2.55. The number of rotatable bonds is 6. The first-order valence-corrected chi connectivity index (χ1v) is 22.5. The second-order valence-electron chi connectivity index (χ2n) is 19.5. The van der Waals surface area contributed by atoms with Gasteiger partial charge >= 0.3 is 0 Å². The van der Waals surface area contributed by atoms with E-state index in [2.05, 4.69) is 236 Å². The van der Waals surface area contributed by atoms with Crippen LogP contribution in [0.25, 0.3) is 64.7 Å². The zero-order valence-electron chi connectivity index (χ0n) is 36.6. The molecule has 0 N–H and O–H groups in total. The Morgan fingerprint density at radius 2 is 0.918 bits per heavy atom. The average Bonchev–Trinajstić information content (AvgIpc) is 3.74. The predicted octanol–water partition coefficient (Wildman–Crippen LogP) is 17.4. The number of nitrogens with zero attached hydrogens (tertiary/aromatic N) is 1. The van der Waals surface area contributed by atoms with Crippen molar-refractivity contribution in [2.45, 2.75) is 71.6 Å². The molecule has 0 spiro atoms. The van der Waals surface area contributed by atoms with Crippen molar-refractivity contribution in [2.24, 2.45) is 0 Å². The molecule has 0 fully saturated rings. The number of thiophene rings is 1. The van der Waals surface area contributed by atoms with Gasteiger partial charge in [-0.25, -0.2) is 0 Å². The summed E-state index contributed by atoms with van der Waals surface area (Å²) in [7, 11) is 0. The van der Waals surface area contributed by atoms with Gasteiger partial charge in [-0.2, -0.15) is 0 Å². The van der Waals surface area contributed by atoms with Crippen LogP contribution in [-0.4, -0.2) is 0 Å². The van der Waals surface area contributed by atoms with Crippen LogP contribution in [-0.2, 0) is 16.2 Å². The molecule has 0 atom stereocenters. The second-order valence-corrected chi connectivity index (χ2v) is 20.6. The summed E-state index contributed by atoms with van der Waals surface area (Å²) < 4.78 is 2.66. The topological polar surface area (TPSA) is 3.24 Å². The third-order valence-electron chi connectivity index (χ3n) is 13.0. The van der Waals surface area contributed by atoms with Crippen LogP contribution in [0.4, 0.5) is 17.1 Å². The molecule has 0 amide bonds. The molecule has 300 valence electrons. The lowest BCUT2D eigenvalue weighted by atomic mass is 9.71. The molecular formula is C59H53NS. The zero-order chi connectivity index (χ0) is 42.3. The molecule has 1 aliphatic rings. The van der Waals surface area contributed by atoms with Gasteiger partial charge in [0.1, 0.15) is 0 Å². The number of anilines is 3. The van der Waals surface area contributed by atoms with Crippen molar-refractivity contribution in [1.29, 1.82) is 0 Å². The van der Waals surface area contributed by atoms with Crippen LogP contribution in [0.5, 0.6) is 0 Å². The van der Waals surface area contributed by atoms with Gasteiger partial charge in [0.05, 0.1) is 0 Å². The lowest BCUT2D eigenvalue weighted by molar-refractivity contribution is 0.545. The van der Waals surface area contributed by atoms with Crippen molar-refractivity contribution in [3.05, 3.63) is 198 Å². The summed E-state index contributed by atoms with van der Waals surface area (Å²) >= 11 is 1.87. The number of fused-ring (bicyclic) bond motifs is 6. The molecule has 2 heteroatoms. The van der Waals surface area contributed by atoms with Gasteiger partial charge in [0.25, 0.3) is 0 Å². The molecule has 1 aliphatic carbocycles. The highest BCUT2D eigenvalue weighted by molar-refractivity contribution is 7.25. The molecule has 10 rings (SSSR count). The van der Waals surface area contributed by atoms with E-state index in [1.165, 1.54) is 86.9 Å². The van der Waals surface area contributed by atoms with E-state index in [-0.39, 0.29) is 16.2 Å². The van der Waals surface area contributed by atoms with Gasteiger partial charge in [-0.05, 0) is 126 Å². The molecule has 0 aliphatic heterocycles. The van der Waals surface area contributed by atoms with Crippen molar-refractivity contribution < 1.29 is 0 Å². The van der Waals surface area contributed by atoms with Crippen molar-refractivity contribution in [3.8, 4) is 44.5 Å². The van der Waals surface area contributed by atoms with Gasteiger partial charge in [0, 0.05) is 42.6 Å². The smallest absolute Gasteiger partial charge is 0.0465 e. The molecule has 8 aromatic carbocycles. The molecule has 0 bridgehead atoms. The predicted molar refractivity (Wildman–Crippen MR) is 265 cm³/mol. The Balaban J connectivity index is 1.06. The van der Waals surface area contributed by atoms with Crippen LogP contribution >= 0.6 is 11.3 Å². The molecular weight excluding hydrogens is 755 g/mol. The second kappa shape index (κ2) is 14.5. The van der Waals surface area contributed by atoms with Gasteiger partial charge in [-0.3, -0.25) is 0 Å². The van der Waals surface area contributed by atoms with E-state index in [4.69, 9.17) is 0 Å². The minimum absolute atomic E-state index is 0.00633. The minimum atomic E-state index is -0.170. The Hall–Kier alpha value is -6.22. The first-order valence-electron chi connectivity index (χ1n) is 21.7. The van der Waals surface area contributed by atoms with E-state index in [0.29, 0.717) is 0 Å². The Morgan fingerprint density at radius 1 is 0.410 bits per heavy atom. The van der Waals surface area contributed by atoms with E-state index < -0.39 is 0 Å². The number of hydrogen-bond donors (Lipinski definition) is 0. The van der Waals surface area contributed by atoms with E-state index in [1.54, 1.807) is 0 Å². The number of hydrogen-bond acceptors (Lipinski definition) is 2. The summed E-state index contributed by atoms with van der Waals surface area (Å²) in [5.41, 5.74) is 19.0. The average molecular weight is 808 g/mol. The maximum Gasteiger partial charge on any atom is 0.0465 e. The third-order valence-corrected chi connectivity index (χ3v) is 14.1. The Morgan fingerprint density at radius 3 is 1.52 bits per heavy atom. The van der Waals surface area contributed by atoms with Gasteiger partial charge < -0.3 is 4.90 Å². The Labute approximate surface area is 366 Å². The fourth-order valence-corrected chi connectivity index (χ4v) is 10.7. The molecule has 9 aromatic rings. The van der Waals surface area contributed by atoms with E-state index >= 15 is 0 Å². The lowest BCUT2D eigenvalue weighted by Crippen LogP contribution is -2.25. The molecule has 0 unspecified atom stereocenters. The summed E-state index contributed by atoms with van der Waals surface area (Å²) in [6.07, 6.45) is 0. The van der Waals surface area contributed by atoms with Gasteiger partial charge in [0.15, 0.2) is 0 Å².